The van der Waals surface area contributed by atoms with Crippen molar-refractivity contribution in [3.05, 3.63) is 71.0 Å². The van der Waals surface area contributed by atoms with E-state index in [4.69, 9.17) is 14.2 Å². The van der Waals surface area contributed by atoms with Gasteiger partial charge in [0.15, 0.2) is 17.1 Å². The van der Waals surface area contributed by atoms with Gasteiger partial charge in [0.1, 0.15) is 18.1 Å². The molecule has 0 saturated carbocycles. The van der Waals surface area contributed by atoms with Gasteiger partial charge < -0.3 is 19.5 Å². The van der Waals surface area contributed by atoms with Crippen LogP contribution in [0.5, 0.6) is 11.5 Å². The molecule has 0 aliphatic heterocycles. The molecule has 42 heavy (non-hydrogen) atoms. The standard InChI is InChI=1S/C28H27F6N3O5/c1-5-40-25(39)26(3,4)42-21-11-10-19(14-16(21)2)41-13-12-35-24(38)20-15-36-23(37-22(20)28(32,33)34)17-6-8-18(9-7-17)27(29,30)31/h6-11,14-15H,5,12-13H2,1-4H3,(H,35,38). The summed E-state index contributed by atoms with van der Waals surface area (Å²) in [7, 11) is 0. The Bertz CT molecular complexity index is 1420. The third-order valence-corrected chi connectivity index (χ3v) is 5.71. The summed E-state index contributed by atoms with van der Waals surface area (Å²) < 4.78 is 95.8. The summed E-state index contributed by atoms with van der Waals surface area (Å²) in [5.74, 6) is -1.36. The molecule has 0 fully saturated rings. The minimum atomic E-state index is -5.05. The zero-order valence-electron chi connectivity index (χ0n) is 22.9. The van der Waals surface area contributed by atoms with Crippen molar-refractivity contribution in [1.29, 1.82) is 0 Å². The number of nitrogens with zero attached hydrogens (tertiary/aromatic N) is 2. The fourth-order valence-corrected chi connectivity index (χ4v) is 3.59. The first kappa shape index (κ1) is 32.2. The fourth-order valence-electron chi connectivity index (χ4n) is 3.59. The van der Waals surface area contributed by atoms with Gasteiger partial charge >= 0.3 is 18.3 Å². The Labute approximate surface area is 237 Å². The average Bonchev–Trinajstić information content (AvgIpc) is 2.91. The Morgan fingerprint density at radius 2 is 1.62 bits per heavy atom. The van der Waals surface area contributed by atoms with Crippen LogP contribution in [0.15, 0.2) is 48.7 Å². The van der Waals surface area contributed by atoms with Gasteiger partial charge in [-0.25, -0.2) is 14.8 Å². The first-order valence-corrected chi connectivity index (χ1v) is 12.5. The van der Waals surface area contributed by atoms with Crippen molar-refractivity contribution in [2.45, 2.75) is 45.6 Å². The monoisotopic (exact) mass is 599 g/mol. The quantitative estimate of drug-likeness (QED) is 0.173. The predicted octanol–water partition coefficient (Wildman–Crippen LogP) is 6.02. The molecule has 0 spiro atoms. The largest absolute Gasteiger partial charge is 0.492 e. The zero-order chi connectivity index (χ0) is 31.3. The molecule has 0 unspecified atom stereocenters. The number of carbonyl (C=O) groups excluding carboxylic acids is 2. The maximum Gasteiger partial charge on any atom is 0.434 e. The van der Waals surface area contributed by atoms with Crippen molar-refractivity contribution in [2.75, 3.05) is 19.8 Å². The Balaban J connectivity index is 1.64. The molecule has 0 aliphatic carbocycles. The molecule has 0 atom stereocenters. The minimum absolute atomic E-state index is 0.0926. The van der Waals surface area contributed by atoms with Crippen molar-refractivity contribution in [1.82, 2.24) is 15.3 Å². The summed E-state index contributed by atoms with van der Waals surface area (Å²) in [6.45, 7) is 6.45. The highest BCUT2D eigenvalue weighted by Gasteiger charge is 2.38. The number of alkyl halides is 6. The van der Waals surface area contributed by atoms with Crippen molar-refractivity contribution in [3.8, 4) is 22.9 Å². The Morgan fingerprint density at radius 1 is 0.952 bits per heavy atom. The lowest BCUT2D eigenvalue weighted by Crippen LogP contribution is -2.39. The molecule has 2 aromatic carbocycles. The molecule has 0 radical (unpaired) electrons. The second-order valence-corrected chi connectivity index (χ2v) is 9.39. The molecule has 1 N–H and O–H groups in total. The van der Waals surface area contributed by atoms with Crippen molar-refractivity contribution in [2.24, 2.45) is 0 Å². The molecule has 14 heteroatoms. The highest BCUT2D eigenvalue weighted by atomic mass is 19.4. The van der Waals surface area contributed by atoms with Crippen LogP contribution in [-0.4, -0.2) is 47.2 Å². The minimum Gasteiger partial charge on any atom is -0.492 e. The number of nitrogens with one attached hydrogen (secondary N) is 1. The summed E-state index contributed by atoms with van der Waals surface area (Å²) in [5.41, 5.74) is -4.08. The topological polar surface area (TPSA) is 99.6 Å². The van der Waals surface area contributed by atoms with Gasteiger partial charge in [0, 0.05) is 11.8 Å². The number of benzene rings is 2. The van der Waals surface area contributed by atoms with Crippen LogP contribution in [0, 0.1) is 6.92 Å². The Kier molecular flexibility index (Phi) is 9.69. The van der Waals surface area contributed by atoms with E-state index < -0.39 is 52.5 Å². The number of aryl methyl sites for hydroxylation is 1. The molecule has 0 aliphatic rings. The number of rotatable bonds is 10. The lowest BCUT2D eigenvalue weighted by molar-refractivity contribution is -0.158. The zero-order valence-corrected chi connectivity index (χ0v) is 22.9. The van der Waals surface area contributed by atoms with Gasteiger partial charge in [-0.3, -0.25) is 4.79 Å². The van der Waals surface area contributed by atoms with Crippen LogP contribution in [0.4, 0.5) is 26.3 Å². The summed E-state index contributed by atoms with van der Waals surface area (Å²) in [6.07, 6.45) is -9.00. The summed E-state index contributed by atoms with van der Waals surface area (Å²) in [6, 6.07) is 8.02. The van der Waals surface area contributed by atoms with E-state index in [1.54, 1.807) is 45.9 Å². The van der Waals surface area contributed by atoms with Crippen LogP contribution in [0.1, 0.15) is 48.0 Å². The van der Waals surface area contributed by atoms with Crippen molar-refractivity contribution < 1.29 is 50.1 Å². The van der Waals surface area contributed by atoms with Crippen LogP contribution < -0.4 is 14.8 Å². The number of esters is 1. The second kappa shape index (κ2) is 12.7. The van der Waals surface area contributed by atoms with Crippen molar-refractivity contribution in [3.63, 3.8) is 0 Å². The first-order chi connectivity index (χ1) is 19.5. The van der Waals surface area contributed by atoms with Gasteiger partial charge in [-0.05, 0) is 63.6 Å². The first-order valence-electron chi connectivity index (χ1n) is 12.5. The van der Waals surface area contributed by atoms with Crippen LogP contribution >= 0.6 is 0 Å². The van der Waals surface area contributed by atoms with E-state index >= 15 is 0 Å². The van der Waals surface area contributed by atoms with E-state index in [0.717, 1.165) is 12.1 Å². The number of hydrogen-bond donors (Lipinski definition) is 1. The molecule has 8 nitrogen and oxygen atoms in total. The normalized spacial score (nSPS) is 12.0. The van der Waals surface area contributed by atoms with E-state index in [-0.39, 0.29) is 25.3 Å². The Hall–Kier alpha value is -4.36. The molecular formula is C28H27F6N3O5. The SMILES string of the molecule is CCOC(=O)C(C)(C)Oc1ccc(OCCNC(=O)c2cnc(-c3ccc(C(F)(F)F)cc3)nc2C(F)(F)F)cc1C. The van der Waals surface area contributed by atoms with Gasteiger partial charge in [0.25, 0.3) is 5.91 Å². The molecule has 1 amide bonds. The third-order valence-electron chi connectivity index (χ3n) is 5.71. The van der Waals surface area contributed by atoms with Gasteiger partial charge in [-0.2, -0.15) is 26.3 Å². The van der Waals surface area contributed by atoms with E-state index in [0.29, 0.717) is 35.4 Å². The summed E-state index contributed by atoms with van der Waals surface area (Å²) in [4.78, 5) is 31.8. The number of hydrogen-bond acceptors (Lipinski definition) is 7. The molecule has 0 bridgehead atoms. The molecular weight excluding hydrogens is 572 g/mol. The van der Waals surface area contributed by atoms with Crippen molar-refractivity contribution >= 4 is 11.9 Å². The van der Waals surface area contributed by atoms with Crippen LogP contribution in [0.3, 0.4) is 0 Å². The fraction of sp³-hybridized carbons (Fsp3) is 0.357. The van der Waals surface area contributed by atoms with Crippen LogP contribution in [0.25, 0.3) is 11.4 Å². The Morgan fingerprint density at radius 3 is 2.19 bits per heavy atom. The smallest absolute Gasteiger partial charge is 0.434 e. The lowest BCUT2D eigenvalue weighted by atomic mass is 10.1. The van der Waals surface area contributed by atoms with E-state index in [9.17, 15) is 35.9 Å². The molecule has 1 heterocycles. The van der Waals surface area contributed by atoms with Crippen LogP contribution in [0.2, 0.25) is 0 Å². The lowest BCUT2D eigenvalue weighted by Gasteiger charge is -2.25. The molecule has 3 rings (SSSR count). The highest BCUT2D eigenvalue weighted by Crippen LogP contribution is 2.33. The molecule has 3 aromatic rings. The van der Waals surface area contributed by atoms with E-state index in [2.05, 4.69) is 15.3 Å². The van der Waals surface area contributed by atoms with E-state index in [1.807, 2.05) is 0 Å². The number of ether oxygens (including phenoxy) is 3. The summed E-state index contributed by atoms with van der Waals surface area (Å²) >= 11 is 0. The van der Waals surface area contributed by atoms with E-state index in [1.165, 1.54) is 0 Å². The van der Waals surface area contributed by atoms with Crippen LogP contribution in [-0.2, 0) is 21.9 Å². The van der Waals surface area contributed by atoms with Gasteiger partial charge in [0.05, 0.1) is 24.3 Å². The number of halogens is 6. The summed E-state index contributed by atoms with van der Waals surface area (Å²) in [5, 5.41) is 2.30. The van der Waals surface area contributed by atoms with Gasteiger partial charge in [-0.1, -0.05) is 12.1 Å². The maximum absolute atomic E-state index is 13.7. The van der Waals surface area contributed by atoms with Gasteiger partial charge in [-0.15, -0.1) is 0 Å². The number of aromatic nitrogens is 2. The molecule has 1 aromatic heterocycles. The highest BCUT2D eigenvalue weighted by molar-refractivity contribution is 5.95. The number of amides is 1. The molecule has 0 saturated heterocycles. The second-order valence-electron chi connectivity index (χ2n) is 9.39. The number of carbonyl (C=O) groups is 2. The molecule has 226 valence electrons. The predicted molar refractivity (Wildman–Crippen MR) is 138 cm³/mol. The van der Waals surface area contributed by atoms with Gasteiger partial charge in [0.2, 0.25) is 0 Å². The average molecular weight is 600 g/mol. The third kappa shape index (κ3) is 8.10. The maximum atomic E-state index is 13.7.